The van der Waals surface area contributed by atoms with E-state index in [4.69, 9.17) is 4.74 Å². The summed E-state index contributed by atoms with van der Waals surface area (Å²) in [6, 6.07) is 7.54. The van der Waals surface area contributed by atoms with Gasteiger partial charge in [0.05, 0.1) is 4.47 Å². The Labute approximate surface area is 94.0 Å². The lowest BCUT2D eigenvalue weighted by Gasteiger charge is -2.05. The fraction of sp³-hybridized carbons (Fsp3) is 0. The normalized spacial score (nSPS) is 10.0. The van der Waals surface area contributed by atoms with Crippen molar-refractivity contribution >= 4 is 15.9 Å². The van der Waals surface area contributed by atoms with Crippen LogP contribution in [0.15, 0.2) is 41.0 Å². The molecule has 0 saturated carbocycles. The first-order valence-electron chi connectivity index (χ1n) is 4.16. The summed E-state index contributed by atoms with van der Waals surface area (Å²) in [5.41, 5.74) is 0. The molecule has 1 heterocycles. The molecule has 1 aromatic heterocycles. The third kappa shape index (κ3) is 2.50. The number of aromatic nitrogens is 2. The van der Waals surface area contributed by atoms with Crippen LogP contribution in [0.3, 0.4) is 0 Å². The van der Waals surface area contributed by atoms with Crippen molar-refractivity contribution in [2.24, 2.45) is 0 Å². The fourth-order valence-electron chi connectivity index (χ4n) is 1.01. The van der Waals surface area contributed by atoms with E-state index in [1.807, 2.05) is 0 Å². The second-order valence-corrected chi connectivity index (χ2v) is 3.59. The summed E-state index contributed by atoms with van der Waals surface area (Å²) in [5, 5.41) is 7.41. The molecule has 0 bridgehead atoms. The Balaban J connectivity index is 2.25. The van der Waals surface area contributed by atoms with Crippen molar-refractivity contribution in [2.45, 2.75) is 0 Å². The molecule has 76 valence electrons. The molecule has 0 N–H and O–H groups in total. The van der Waals surface area contributed by atoms with E-state index in [9.17, 15) is 4.39 Å². The summed E-state index contributed by atoms with van der Waals surface area (Å²) in [6.45, 7) is 0. The van der Waals surface area contributed by atoms with Crippen LogP contribution in [0.1, 0.15) is 0 Å². The molecule has 0 amide bonds. The summed E-state index contributed by atoms with van der Waals surface area (Å²) in [7, 11) is 0. The van der Waals surface area contributed by atoms with Gasteiger partial charge in [0.2, 0.25) is 5.88 Å². The smallest absolute Gasteiger partial charge is 0.238 e. The standard InChI is InChI=1S/C10H6BrFN2O/c11-8-6-7(12)3-4-9(8)15-10-2-1-5-13-14-10/h1-6H. The summed E-state index contributed by atoms with van der Waals surface area (Å²) in [4.78, 5) is 0. The van der Waals surface area contributed by atoms with Crippen LogP contribution in [0, 0.1) is 5.82 Å². The van der Waals surface area contributed by atoms with Gasteiger partial charge in [-0.25, -0.2) is 4.39 Å². The summed E-state index contributed by atoms with van der Waals surface area (Å²) in [6.07, 6.45) is 1.55. The van der Waals surface area contributed by atoms with Gasteiger partial charge in [0.1, 0.15) is 11.6 Å². The number of rotatable bonds is 2. The molecular weight excluding hydrogens is 263 g/mol. The van der Waals surface area contributed by atoms with Gasteiger partial charge in [-0.15, -0.1) is 5.10 Å². The van der Waals surface area contributed by atoms with Crippen LogP contribution in [0.25, 0.3) is 0 Å². The van der Waals surface area contributed by atoms with Gasteiger partial charge in [-0.3, -0.25) is 0 Å². The first kappa shape index (κ1) is 10.0. The number of hydrogen-bond acceptors (Lipinski definition) is 3. The Bertz CT molecular complexity index is 464. The molecule has 2 rings (SSSR count). The minimum atomic E-state index is -0.326. The molecule has 0 saturated heterocycles. The number of halogens is 2. The van der Waals surface area contributed by atoms with Gasteiger partial charge < -0.3 is 4.74 Å². The monoisotopic (exact) mass is 268 g/mol. The Morgan fingerprint density at radius 1 is 1.27 bits per heavy atom. The van der Waals surface area contributed by atoms with Gasteiger partial charge in [0, 0.05) is 12.3 Å². The molecule has 0 spiro atoms. The van der Waals surface area contributed by atoms with E-state index in [1.165, 1.54) is 18.2 Å². The highest BCUT2D eigenvalue weighted by Crippen LogP contribution is 2.28. The van der Waals surface area contributed by atoms with E-state index in [0.29, 0.717) is 16.1 Å². The average Bonchev–Trinajstić information content (AvgIpc) is 2.24. The molecule has 0 aliphatic carbocycles. The molecule has 0 unspecified atom stereocenters. The molecule has 0 aliphatic heterocycles. The zero-order valence-corrected chi connectivity index (χ0v) is 9.11. The predicted octanol–water partition coefficient (Wildman–Crippen LogP) is 3.17. The second-order valence-electron chi connectivity index (χ2n) is 2.74. The maximum Gasteiger partial charge on any atom is 0.238 e. The highest BCUT2D eigenvalue weighted by molar-refractivity contribution is 9.10. The maximum absolute atomic E-state index is 12.8. The highest BCUT2D eigenvalue weighted by atomic mass is 79.9. The molecular formula is C10H6BrFN2O. The second kappa shape index (κ2) is 4.35. The SMILES string of the molecule is Fc1ccc(Oc2cccnn2)c(Br)c1. The molecule has 0 fully saturated rings. The van der Waals surface area contributed by atoms with Crippen molar-refractivity contribution in [3.05, 3.63) is 46.8 Å². The topological polar surface area (TPSA) is 35.0 Å². The van der Waals surface area contributed by atoms with Crippen molar-refractivity contribution in [1.82, 2.24) is 10.2 Å². The maximum atomic E-state index is 12.8. The van der Waals surface area contributed by atoms with Crippen LogP contribution in [0.4, 0.5) is 4.39 Å². The van der Waals surface area contributed by atoms with Crippen molar-refractivity contribution in [3.63, 3.8) is 0 Å². The van der Waals surface area contributed by atoms with Crippen molar-refractivity contribution in [1.29, 1.82) is 0 Å². The first-order valence-corrected chi connectivity index (χ1v) is 4.95. The van der Waals surface area contributed by atoms with Gasteiger partial charge in [0.15, 0.2) is 0 Å². The van der Waals surface area contributed by atoms with Crippen LogP contribution in [0.2, 0.25) is 0 Å². The molecule has 15 heavy (non-hydrogen) atoms. The van der Waals surface area contributed by atoms with Gasteiger partial charge in [0.25, 0.3) is 0 Å². The molecule has 5 heteroatoms. The minimum Gasteiger partial charge on any atom is -0.436 e. The Hall–Kier alpha value is -1.49. The van der Waals surface area contributed by atoms with Crippen LogP contribution >= 0.6 is 15.9 Å². The van der Waals surface area contributed by atoms with Crippen molar-refractivity contribution in [3.8, 4) is 11.6 Å². The fourth-order valence-corrected chi connectivity index (χ4v) is 1.44. The van der Waals surface area contributed by atoms with Gasteiger partial charge >= 0.3 is 0 Å². The van der Waals surface area contributed by atoms with Crippen LogP contribution in [0.5, 0.6) is 11.6 Å². The van der Waals surface area contributed by atoms with E-state index < -0.39 is 0 Å². The van der Waals surface area contributed by atoms with Gasteiger partial charge in [-0.1, -0.05) is 0 Å². The average molecular weight is 269 g/mol. The third-order valence-corrected chi connectivity index (χ3v) is 2.28. The number of hydrogen-bond donors (Lipinski definition) is 0. The Kier molecular flexibility index (Phi) is 2.91. The lowest BCUT2D eigenvalue weighted by molar-refractivity contribution is 0.451. The Morgan fingerprint density at radius 2 is 2.13 bits per heavy atom. The lowest BCUT2D eigenvalue weighted by atomic mass is 10.3. The van der Waals surface area contributed by atoms with Crippen LogP contribution in [-0.4, -0.2) is 10.2 Å². The van der Waals surface area contributed by atoms with Crippen molar-refractivity contribution < 1.29 is 9.13 Å². The molecule has 0 aliphatic rings. The summed E-state index contributed by atoms with van der Waals surface area (Å²) in [5.74, 6) is 0.537. The summed E-state index contributed by atoms with van der Waals surface area (Å²) >= 11 is 3.19. The Morgan fingerprint density at radius 3 is 2.80 bits per heavy atom. The zero-order chi connectivity index (χ0) is 10.7. The number of nitrogens with zero attached hydrogens (tertiary/aromatic N) is 2. The zero-order valence-electron chi connectivity index (χ0n) is 7.52. The largest absolute Gasteiger partial charge is 0.436 e. The quantitative estimate of drug-likeness (QED) is 0.839. The summed E-state index contributed by atoms with van der Waals surface area (Å²) < 4.78 is 18.7. The van der Waals surface area contributed by atoms with Gasteiger partial charge in [-0.05, 0) is 40.2 Å². The van der Waals surface area contributed by atoms with Crippen LogP contribution in [-0.2, 0) is 0 Å². The van der Waals surface area contributed by atoms with Gasteiger partial charge in [-0.2, -0.15) is 5.10 Å². The highest BCUT2D eigenvalue weighted by Gasteiger charge is 2.04. The lowest BCUT2D eigenvalue weighted by Crippen LogP contribution is -1.90. The van der Waals surface area contributed by atoms with E-state index in [0.717, 1.165) is 0 Å². The van der Waals surface area contributed by atoms with Crippen molar-refractivity contribution in [2.75, 3.05) is 0 Å². The van der Waals surface area contributed by atoms with E-state index in [-0.39, 0.29) is 5.82 Å². The molecule has 0 atom stereocenters. The van der Waals surface area contributed by atoms with E-state index in [2.05, 4.69) is 26.1 Å². The molecule has 3 nitrogen and oxygen atoms in total. The third-order valence-electron chi connectivity index (χ3n) is 1.66. The molecule has 0 radical (unpaired) electrons. The van der Waals surface area contributed by atoms with Crippen LogP contribution < -0.4 is 4.74 Å². The number of benzene rings is 1. The minimum absolute atomic E-state index is 0.326. The van der Waals surface area contributed by atoms with E-state index in [1.54, 1.807) is 18.3 Å². The predicted molar refractivity (Wildman–Crippen MR) is 56.2 cm³/mol. The molecule has 1 aromatic carbocycles. The molecule has 2 aromatic rings. The number of ether oxygens (including phenoxy) is 1. The first-order chi connectivity index (χ1) is 7.25. The van der Waals surface area contributed by atoms with E-state index >= 15 is 0 Å².